The van der Waals surface area contributed by atoms with Crippen LogP contribution in [0.15, 0.2) is 36.4 Å². The van der Waals surface area contributed by atoms with Gasteiger partial charge in [-0.05, 0) is 43.7 Å². The number of benzene rings is 1. The number of carbonyl (C=O) groups is 2. The second-order valence-corrected chi connectivity index (χ2v) is 7.39. The zero-order valence-electron chi connectivity index (χ0n) is 17.2. The van der Waals surface area contributed by atoms with Gasteiger partial charge in [0.1, 0.15) is 5.82 Å². The molecule has 0 saturated heterocycles. The molecule has 0 radical (unpaired) electrons. The van der Waals surface area contributed by atoms with Crippen molar-refractivity contribution in [1.29, 1.82) is 0 Å². The van der Waals surface area contributed by atoms with Crippen LogP contribution in [0.3, 0.4) is 0 Å². The number of nitrogens with zero attached hydrogens (tertiary/aromatic N) is 6. The highest BCUT2D eigenvalue weighted by Gasteiger charge is 2.33. The zero-order chi connectivity index (χ0) is 21.7. The molecule has 0 bridgehead atoms. The summed E-state index contributed by atoms with van der Waals surface area (Å²) >= 11 is 0. The first-order valence-electron chi connectivity index (χ1n) is 9.73. The van der Waals surface area contributed by atoms with Gasteiger partial charge in [0, 0.05) is 17.9 Å². The Hall–Kier alpha value is -4.08. The van der Waals surface area contributed by atoms with Crippen LogP contribution in [0.5, 0.6) is 0 Å². The van der Waals surface area contributed by atoms with E-state index in [4.69, 9.17) is 4.74 Å². The van der Waals surface area contributed by atoms with E-state index in [1.807, 2.05) is 26.0 Å². The molecule has 0 saturated carbocycles. The Morgan fingerprint density at radius 1 is 1.10 bits per heavy atom. The standard InChI is InChI=1S/C21H19N7O3/c1-11-19-15(13-4-6-14(7-5-13)21(30)31-3)10-18(29)22-20(19)28(25-11)17-9-8-16-24-23-12(2)27(16)26-17/h4-9,15H,10H2,1-3H3,(H,22,29)/t15-/m0/s1. The summed E-state index contributed by atoms with van der Waals surface area (Å²) in [6.07, 6.45) is 0.286. The molecule has 0 spiro atoms. The second kappa shape index (κ2) is 7.01. The van der Waals surface area contributed by atoms with Gasteiger partial charge in [-0.15, -0.1) is 15.3 Å². The average molecular weight is 417 g/mol. The van der Waals surface area contributed by atoms with E-state index in [0.29, 0.717) is 28.7 Å². The number of esters is 1. The Morgan fingerprint density at radius 3 is 2.61 bits per heavy atom. The van der Waals surface area contributed by atoms with Gasteiger partial charge in [-0.2, -0.15) is 14.3 Å². The molecule has 1 atom stereocenters. The maximum absolute atomic E-state index is 12.6. The Balaban J connectivity index is 1.61. The summed E-state index contributed by atoms with van der Waals surface area (Å²) in [5, 5.41) is 20.3. The molecule has 5 rings (SSSR count). The number of amides is 1. The van der Waals surface area contributed by atoms with Crippen LogP contribution in [0.4, 0.5) is 5.82 Å². The summed E-state index contributed by atoms with van der Waals surface area (Å²) in [5.41, 5.74) is 3.73. The van der Waals surface area contributed by atoms with Crippen molar-refractivity contribution in [2.75, 3.05) is 12.4 Å². The van der Waals surface area contributed by atoms with Crippen molar-refractivity contribution in [1.82, 2.24) is 29.6 Å². The minimum absolute atomic E-state index is 0.114. The summed E-state index contributed by atoms with van der Waals surface area (Å²) < 4.78 is 8.03. The summed E-state index contributed by atoms with van der Waals surface area (Å²) in [4.78, 5) is 24.3. The lowest BCUT2D eigenvalue weighted by molar-refractivity contribution is -0.116. The highest BCUT2D eigenvalue weighted by Crippen LogP contribution is 2.40. The van der Waals surface area contributed by atoms with E-state index in [-0.39, 0.29) is 18.2 Å². The predicted molar refractivity (Wildman–Crippen MR) is 110 cm³/mol. The number of aryl methyl sites for hydroxylation is 2. The minimum Gasteiger partial charge on any atom is -0.465 e. The van der Waals surface area contributed by atoms with Gasteiger partial charge in [-0.3, -0.25) is 4.79 Å². The van der Waals surface area contributed by atoms with Crippen LogP contribution in [-0.2, 0) is 9.53 Å². The van der Waals surface area contributed by atoms with E-state index in [1.54, 1.807) is 33.5 Å². The molecule has 1 amide bonds. The fraction of sp³-hybridized carbons (Fsp3) is 0.238. The topological polar surface area (TPSA) is 116 Å². The van der Waals surface area contributed by atoms with Crippen LogP contribution in [0.25, 0.3) is 11.5 Å². The van der Waals surface area contributed by atoms with Crippen LogP contribution < -0.4 is 5.32 Å². The van der Waals surface area contributed by atoms with Gasteiger partial charge in [0.05, 0.1) is 18.4 Å². The molecule has 4 aromatic rings. The summed E-state index contributed by atoms with van der Waals surface area (Å²) in [5.74, 6) is 1.09. The fourth-order valence-electron chi connectivity index (χ4n) is 3.97. The van der Waals surface area contributed by atoms with Gasteiger partial charge in [-0.25, -0.2) is 4.79 Å². The van der Waals surface area contributed by atoms with E-state index in [9.17, 15) is 9.59 Å². The van der Waals surface area contributed by atoms with Gasteiger partial charge in [0.15, 0.2) is 17.3 Å². The lowest BCUT2D eigenvalue weighted by Gasteiger charge is -2.24. The van der Waals surface area contributed by atoms with Gasteiger partial charge in [0.2, 0.25) is 5.91 Å². The molecule has 4 heterocycles. The molecule has 1 aliphatic rings. The first-order valence-corrected chi connectivity index (χ1v) is 9.73. The molecular weight excluding hydrogens is 398 g/mol. The molecule has 31 heavy (non-hydrogen) atoms. The molecule has 1 N–H and O–H groups in total. The number of rotatable bonds is 3. The zero-order valence-corrected chi connectivity index (χ0v) is 17.2. The second-order valence-electron chi connectivity index (χ2n) is 7.39. The maximum Gasteiger partial charge on any atom is 0.337 e. The number of fused-ring (bicyclic) bond motifs is 2. The Morgan fingerprint density at radius 2 is 1.87 bits per heavy atom. The molecule has 10 nitrogen and oxygen atoms in total. The first-order chi connectivity index (χ1) is 15.0. The number of aromatic nitrogens is 6. The molecule has 156 valence electrons. The van der Waals surface area contributed by atoms with Gasteiger partial charge >= 0.3 is 5.97 Å². The average Bonchev–Trinajstić information content (AvgIpc) is 3.32. The largest absolute Gasteiger partial charge is 0.465 e. The molecule has 1 aliphatic heterocycles. The van der Waals surface area contributed by atoms with E-state index in [1.165, 1.54) is 7.11 Å². The fourth-order valence-corrected chi connectivity index (χ4v) is 3.97. The Kier molecular flexibility index (Phi) is 4.28. The van der Waals surface area contributed by atoms with Crippen molar-refractivity contribution in [3.63, 3.8) is 0 Å². The van der Waals surface area contributed by atoms with Crippen LogP contribution in [0, 0.1) is 13.8 Å². The summed E-state index contributed by atoms with van der Waals surface area (Å²) in [6, 6.07) is 10.7. The first kappa shape index (κ1) is 18.9. The molecule has 1 aromatic carbocycles. The number of hydrogen-bond acceptors (Lipinski definition) is 7. The summed E-state index contributed by atoms with van der Waals surface area (Å²) in [6.45, 7) is 3.72. The van der Waals surface area contributed by atoms with Crippen LogP contribution in [0.1, 0.15) is 45.3 Å². The number of ether oxygens (including phenoxy) is 1. The Bertz CT molecular complexity index is 1340. The molecule has 10 heteroatoms. The maximum atomic E-state index is 12.6. The lowest BCUT2D eigenvalue weighted by atomic mass is 9.85. The third kappa shape index (κ3) is 3.03. The van der Waals surface area contributed by atoms with Crippen molar-refractivity contribution in [3.05, 3.63) is 64.6 Å². The van der Waals surface area contributed by atoms with Crippen LogP contribution >= 0.6 is 0 Å². The number of anilines is 1. The van der Waals surface area contributed by atoms with Crippen LogP contribution in [0.2, 0.25) is 0 Å². The van der Waals surface area contributed by atoms with Crippen molar-refractivity contribution in [2.45, 2.75) is 26.2 Å². The SMILES string of the molecule is COC(=O)c1ccc([C@@H]2CC(=O)Nc3c2c(C)nn3-c2ccc3nnc(C)n3n2)cc1. The van der Waals surface area contributed by atoms with E-state index in [2.05, 4.69) is 25.7 Å². The smallest absolute Gasteiger partial charge is 0.337 e. The van der Waals surface area contributed by atoms with Crippen molar-refractivity contribution in [3.8, 4) is 5.82 Å². The number of hydrogen-bond donors (Lipinski definition) is 1. The minimum atomic E-state index is -0.400. The quantitative estimate of drug-likeness (QED) is 0.508. The monoisotopic (exact) mass is 417 g/mol. The molecule has 0 fully saturated rings. The van der Waals surface area contributed by atoms with Crippen molar-refractivity contribution in [2.24, 2.45) is 0 Å². The third-order valence-corrected chi connectivity index (χ3v) is 5.46. The summed E-state index contributed by atoms with van der Waals surface area (Å²) in [7, 11) is 1.35. The van der Waals surface area contributed by atoms with E-state index in [0.717, 1.165) is 16.8 Å². The van der Waals surface area contributed by atoms with Crippen molar-refractivity contribution < 1.29 is 14.3 Å². The van der Waals surface area contributed by atoms with Crippen molar-refractivity contribution >= 4 is 23.3 Å². The van der Waals surface area contributed by atoms with E-state index < -0.39 is 5.97 Å². The lowest BCUT2D eigenvalue weighted by Crippen LogP contribution is -2.25. The number of nitrogens with one attached hydrogen (secondary N) is 1. The van der Waals surface area contributed by atoms with Gasteiger partial charge in [-0.1, -0.05) is 12.1 Å². The normalized spacial score (nSPS) is 15.6. The molecule has 3 aromatic heterocycles. The highest BCUT2D eigenvalue weighted by molar-refractivity contribution is 5.95. The predicted octanol–water partition coefficient (Wildman–Crippen LogP) is 2.19. The highest BCUT2D eigenvalue weighted by atomic mass is 16.5. The van der Waals surface area contributed by atoms with Gasteiger partial charge in [0.25, 0.3) is 0 Å². The molecule has 0 unspecified atom stereocenters. The third-order valence-electron chi connectivity index (χ3n) is 5.46. The van der Waals surface area contributed by atoms with Crippen LogP contribution in [-0.4, -0.2) is 48.6 Å². The Labute approximate surface area is 176 Å². The molecule has 0 aliphatic carbocycles. The number of methoxy groups -OCH3 is 1. The van der Waals surface area contributed by atoms with E-state index >= 15 is 0 Å². The van der Waals surface area contributed by atoms with Gasteiger partial charge < -0.3 is 10.1 Å². The number of carbonyl (C=O) groups excluding carboxylic acids is 2. The molecular formula is C21H19N7O3.